The highest BCUT2D eigenvalue weighted by Crippen LogP contribution is 2.37. The van der Waals surface area contributed by atoms with Crippen molar-refractivity contribution in [2.75, 3.05) is 46.0 Å². The van der Waals surface area contributed by atoms with Crippen LogP contribution in [-0.4, -0.2) is 66.0 Å². The minimum Gasteiger partial charge on any atom is -0.493 e. The van der Waals surface area contributed by atoms with Crippen LogP contribution in [0, 0.1) is 0 Å². The third-order valence-corrected chi connectivity index (χ3v) is 6.50. The largest absolute Gasteiger partial charge is 0.493 e. The van der Waals surface area contributed by atoms with Gasteiger partial charge in [-0.3, -0.25) is 14.6 Å². The van der Waals surface area contributed by atoms with Gasteiger partial charge in [0.1, 0.15) is 10.1 Å². The van der Waals surface area contributed by atoms with Gasteiger partial charge < -0.3 is 9.47 Å². The van der Waals surface area contributed by atoms with Crippen molar-refractivity contribution in [1.29, 1.82) is 0 Å². The number of hydrogen-bond acceptors (Lipinski definition) is 6. The minimum atomic E-state index is -0.0244. The zero-order valence-electron chi connectivity index (χ0n) is 16.4. The highest BCUT2D eigenvalue weighted by molar-refractivity contribution is 8.26. The number of carbonyl (C=O) groups excluding carboxylic acids is 1. The Labute approximate surface area is 180 Å². The van der Waals surface area contributed by atoms with Crippen molar-refractivity contribution >= 4 is 51.1 Å². The first kappa shape index (κ1) is 20.3. The van der Waals surface area contributed by atoms with Crippen molar-refractivity contribution in [2.24, 2.45) is 0 Å². The van der Waals surface area contributed by atoms with Gasteiger partial charge in [-0.2, -0.15) is 0 Å². The Morgan fingerprint density at radius 2 is 1.97 bits per heavy atom. The molecule has 1 amide bonds. The molecule has 4 rings (SSSR count). The van der Waals surface area contributed by atoms with Crippen LogP contribution in [0.25, 0.3) is 16.8 Å². The average molecular weight is 429 g/mol. The van der Waals surface area contributed by atoms with Crippen molar-refractivity contribution in [2.45, 2.75) is 6.92 Å². The van der Waals surface area contributed by atoms with E-state index < -0.39 is 0 Å². The van der Waals surface area contributed by atoms with Gasteiger partial charge >= 0.3 is 0 Å². The number of nitrogens with zero attached hydrogens (tertiary/aromatic N) is 2. The fraction of sp³-hybridized carbons (Fsp3) is 0.364. The van der Waals surface area contributed by atoms with Crippen molar-refractivity contribution < 1.29 is 14.3 Å². The molecule has 0 unspecified atom stereocenters. The van der Waals surface area contributed by atoms with Gasteiger partial charge in [0.05, 0.1) is 24.7 Å². The maximum atomic E-state index is 13.1. The van der Waals surface area contributed by atoms with Gasteiger partial charge in [0.15, 0.2) is 0 Å². The van der Waals surface area contributed by atoms with Crippen LogP contribution in [0.5, 0.6) is 5.75 Å². The molecular formula is C22H24N2O3S2. The maximum Gasteiger partial charge on any atom is 0.266 e. The molecule has 2 heterocycles. The fourth-order valence-electron chi connectivity index (χ4n) is 3.60. The molecule has 0 aliphatic carbocycles. The molecule has 0 atom stereocenters. The summed E-state index contributed by atoms with van der Waals surface area (Å²) >= 11 is 6.88. The number of benzene rings is 2. The lowest BCUT2D eigenvalue weighted by molar-refractivity contribution is -0.122. The molecule has 0 radical (unpaired) electrons. The Balaban J connectivity index is 1.59. The number of ether oxygens (including phenoxy) is 2. The lowest BCUT2D eigenvalue weighted by Crippen LogP contribution is -2.42. The predicted octanol–water partition coefficient (Wildman–Crippen LogP) is 3.77. The topological polar surface area (TPSA) is 42.0 Å². The molecule has 0 bridgehead atoms. The second kappa shape index (κ2) is 9.26. The molecule has 152 valence electrons. The van der Waals surface area contributed by atoms with Crippen molar-refractivity contribution in [1.82, 2.24) is 9.80 Å². The summed E-state index contributed by atoms with van der Waals surface area (Å²) in [5, 5.41) is 2.18. The lowest BCUT2D eigenvalue weighted by atomic mass is 10.0. The van der Waals surface area contributed by atoms with E-state index in [0.717, 1.165) is 54.9 Å². The number of fused-ring (bicyclic) bond motifs is 1. The first-order valence-corrected chi connectivity index (χ1v) is 11.1. The van der Waals surface area contributed by atoms with E-state index in [9.17, 15) is 4.79 Å². The number of thioether (sulfide) groups is 1. The van der Waals surface area contributed by atoms with Gasteiger partial charge in [-0.25, -0.2) is 0 Å². The number of rotatable bonds is 6. The Bertz CT molecular complexity index is 954. The summed E-state index contributed by atoms with van der Waals surface area (Å²) < 4.78 is 11.8. The summed E-state index contributed by atoms with van der Waals surface area (Å²) in [4.78, 5) is 17.7. The Hall–Kier alpha value is -1.93. The molecule has 2 aromatic rings. The summed E-state index contributed by atoms with van der Waals surface area (Å²) in [5.41, 5.74) is 0.929. The zero-order chi connectivity index (χ0) is 20.2. The van der Waals surface area contributed by atoms with Crippen molar-refractivity contribution in [3.05, 3.63) is 46.9 Å². The number of hydrogen-bond donors (Lipinski definition) is 0. The quantitative estimate of drug-likeness (QED) is 0.515. The van der Waals surface area contributed by atoms with Crippen LogP contribution in [0.3, 0.4) is 0 Å². The van der Waals surface area contributed by atoms with E-state index in [1.165, 1.54) is 11.8 Å². The fourth-order valence-corrected chi connectivity index (χ4v) is 4.89. The molecule has 2 aliphatic rings. The molecule has 7 heteroatoms. The van der Waals surface area contributed by atoms with Crippen LogP contribution in [0.1, 0.15) is 12.5 Å². The molecular weight excluding hydrogens is 404 g/mol. The van der Waals surface area contributed by atoms with Crippen LogP contribution < -0.4 is 4.74 Å². The van der Waals surface area contributed by atoms with Crippen molar-refractivity contribution in [3.63, 3.8) is 0 Å². The first-order chi connectivity index (χ1) is 14.2. The van der Waals surface area contributed by atoms with E-state index in [4.69, 9.17) is 21.7 Å². The Morgan fingerprint density at radius 1 is 1.17 bits per heavy atom. The third kappa shape index (κ3) is 4.48. The zero-order valence-corrected chi connectivity index (χ0v) is 18.1. The maximum absolute atomic E-state index is 13.1. The van der Waals surface area contributed by atoms with Gasteiger partial charge in [-0.1, -0.05) is 54.3 Å². The normalized spacial score (nSPS) is 19.5. The van der Waals surface area contributed by atoms with E-state index in [1.54, 1.807) is 4.90 Å². The molecule has 0 N–H and O–H groups in total. The van der Waals surface area contributed by atoms with Crippen LogP contribution in [0.2, 0.25) is 0 Å². The standard InChI is InChI=1S/C22H24N2O3S2/c1-2-27-19-8-7-16-5-3-4-6-17(16)18(19)15-20-21(25)24(22(28)29-20)10-9-23-11-13-26-14-12-23/h3-8,15H,2,9-14H2,1H3. The first-order valence-electron chi connectivity index (χ1n) is 9.87. The molecule has 5 nitrogen and oxygen atoms in total. The van der Waals surface area contributed by atoms with E-state index in [2.05, 4.69) is 17.0 Å². The minimum absolute atomic E-state index is 0.0244. The monoisotopic (exact) mass is 428 g/mol. The van der Waals surface area contributed by atoms with E-state index >= 15 is 0 Å². The van der Waals surface area contributed by atoms with Gasteiger partial charge in [-0.15, -0.1) is 0 Å². The highest BCUT2D eigenvalue weighted by atomic mass is 32.2. The molecule has 2 aromatic carbocycles. The van der Waals surface area contributed by atoms with Gasteiger partial charge in [0, 0.05) is 31.7 Å². The smallest absolute Gasteiger partial charge is 0.266 e. The predicted molar refractivity (Wildman–Crippen MR) is 122 cm³/mol. The van der Waals surface area contributed by atoms with Crippen LogP contribution in [0.4, 0.5) is 0 Å². The molecule has 2 saturated heterocycles. The van der Waals surface area contributed by atoms with E-state index in [-0.39, 0.29) is 5.91 Å². The number of thiocarbonyl (C=S) groups is 1. The van der Waals surface area contributed by atoms with Crippen molar-refractivity contribution in [3.8, 4) is 5.75 Å². The Kier molecular flexibility index (Phi) is 6.50. The SMILES string of the molecule is CCOc1ccc2ccccc2c1C=C1SC(=S)N(CCN2CCOCC2)C1=O. The molecule has 0 aromatic heterocycles. The second-order valence-electron chi connectivity index (χ2n) is 6.92. The van der Waals surface area contributed by atoms with E-state index in [1.807, 2.05) is 37.3 Å². The van der Waals surface area contributed by atoms with Crippen LogP contribution in [-0.2, 0) is 9.53 Å². The lowest BCUT2D eigenvalue weighted by Gasteiger charge is -2.28. The highest BCUT2D eigenvalue weighted by Gasteiger charge is 2.32. The summed E-state index contributed by atoms with van der Waals surface area (Å²) in [7, 11) is 0. The summed E-state index contributed by atoms with van der Waals surface area (Å²) in [5.74, 6) is 0.758. The molecule has 2 fully saturated rings. The molecule has 0 spiro atoms. The molecule has 29 heavy (non-hydrogen) atoms. The summed E-state index contributed by atoms with van der Waals surface area (Å²) in [6, 6.07) is 12.2. The number of amides is 1. The second-order valence-corrected chi connectivity index (χ2v) is 8.59. The Morgan fingerprint density at radius 3 is 2.76 bits per heavy atom. The molecule has 0 saturated carbocycles. The van der Waals surface area contributed by atoms with Crippen LogP contribution in [0.15, 0.2) is 41.3 Å². The van der Waals surface area contributed by atoms with Gasteiger partial charge in [0.2, 0.25) is 0 Å². The van der Waals surface area contributed by atoms with E-state index in [0.29, 0.717) is 22.4 Å². The average Bonchev–Trinajstić information content (AvgIpc) is 3.01. The summed E-state index contributed by atoms with van der Waals surface area (Å²) in [6.07, 6.45) is 1.93. The molecule has 2 aliphatic heterocycles. The summed E-state index contributed by atoms with van der Waals surface area (Å²) in [6.45, 7) is 7.25. The number of carbonyl (C=O) groups is 1. The van der Waals surface area contributed by atoms with Crippen LogP contribution >= 0.6 is 24.0 Å². The third-order valence-electron chi connectivity index (χ3n) is 5.12. The van der Waals surface area contributed by atoms with Gasteiger partial charge in [0.25, 0.3) is 5.91 Å². The van der Waals surface area contributed by atoms with Gasteiger partial charge in [-0.05, 0) is 29.8 Å². The number of morpholine rings is 1.